The maximum atomic E-state index is 12.3. The lowest BCUT2D eigenvalue weighted by Gasteiger charge is -2.16. The zero-order chi connectivity index (χ0) is 16.5. The number of nitrogens with two attached hydrogens (primary N) is 1. The quantitative estimate of drug-likeness (QED) is 0.718. The highest BCUT2D eigenvalue weighted by Gasteiger charge is 2.29. The first-order valence-corrected chi connectivity index (χ1v) is 8.88. The van der Waals surface area contributed by atoms with E-state index in [0.717, 1.165) is 12.8 Å². The van der Waals surface area contributed by atoms with E-state index >= 15 is 0 Å². The summed E-state index contributed by atoms with van der Waals surface area (Å²) in [5.41, 5.74) is 6.81. The topological polar surface area (TPSA) is 101 Å². The van der Waals surface area contributed by atoms with E-state index in [9.17, 15) is 13.2 Å². The van der Waals surface area contributed by atoms with Crippen molar-refractivity contribution < 1.29 is 13.2 Å². The normalized spacial score (nSPS) is 17.0. The number of hydrogen-bond acceptors (Lipinski definition) is 4. The zero-order valence-electron chi connectivity index (χ0n) is 13.5. The summed E-state index contributed by atoms with van der Waals surface area (Å²) in [6, 6.07) is 4.64. The summed E-state index contributed by atoms with van der Waals surface area (Å²) in [5.74, 6) is -0.580. The molecule has 2 atom stereocenters. The number of nitrogens with one attached hydrogen (secondary N) is 2. The summed E-state index contributed by atoms with van der Waals surface area (Å²) < 4.78 is 27.3. The van der Waals surface area contributed by atoms with Crippen molar-refractivity contribution in [1.29, 1.82) is 0 Å². The Morgan fingerprint density at radius 2 is 1.91 bits per heavy atom. The maximum absolute atomic E-state index is 12.3. The van der Waals surface area contributed by atoms with Crippen molar-refractivity contribution >= 4 is 34.0 Å². The van der Waals surface area contributed by atoms with Crippen molar-refractivity contribution in [3.8, 4) is 0 Å². The molecule has 0 spiro atoms. The van der Waals surface area contributed by atoms with E-state index in [0.29, 0.717) is 11.3 Å². The lowest BCUT2D eigenvalue weighted by Crippen LogP contribution is -2.34. The number of benzene rings is 1. The first kappa shape index (κ1) is 19.9. The summed E-state index contributed by atoms with van der Waals surface area (Å²) in [6.45, 7) is 5.23. The Bertz CT molecular complexity index is 673. The third-order valence-electron chi connectivity index (χ3n) is 3.85. The van der Waals surface area contributed by atoms with E-state index in [2.05, 4.69) is 10.0 Å². The molecule has 1 aliphatic rings. The van der Waals surface area contributed by atoms with Crippen molar-refractivity contribution in [2.45, 2.75) is 50.6 Å². The SMILES string of the molecule is Cc1ccc(NC(=O)C(C)C(C)N)cc1S(=O)(=O)NC1CC1.Cl. The van der Waals surface area contributed by atoms with Gasteiger partial charge in [0.15, 0.2) is 0 Å². The van der Waals surface area contributed by atoms with Gasteiger partial charge in [0.1, 0.15) is 0 Å². The van der Waals surface area contributed by atoms with Crippen LogP contribution < -0.4 is 15.8 Å². The highest BCUT2D eigenvalue weighted by Crippen LogP contribution is 2.25. The number of aryl methyl sites for hydroxylation is 1. The summed E-state index contributed by atoms with van der Waals surface area (Å²) in [4.78, 5) is 12.2. The molecule has 0 saturated heterocycles. The minimum Gasteiger partial charge on any atom is -0.327 e. The fraction of sp³-hybridized carbons (Fsp3) is 0.533. The predicted octanol–water partition coefficient (Wildman–Crippen LogP) is 1.78. The van der Waals surface area contributed by atoms with Gasteiger partial charge in [0.2, 0.25) is 15.9 Å². The van der Waals surface area contributed by atoms with Crippen LogP contribution in [0.4, 0.5) is 5.69 Å². The fourth-order valence-electron chi connectivity index (χ4n) is 1.95. The van der Waals surface area contributed by atoms with Crippen molar-refractivity contribution in [3.05, 3.63) is 23.8 Å². The van der Waals surface area contributed by atoms with Crippen LogP contribution in [0.5, 0.6) is 0 Å². The standard InChI is InChI=1S/C15H23N3O3S.ClH/c1-9-4-5-13(17-15(19)10(2)11(3)16)8-14(9)22(20,21)18-12-6-7-12;/h4-5,8,10-12,18H,6-7,16H2,1-3H3,(H,17,19);1H. The van der Waals surface area contributed by atoms with Crippen LogP contribution in [-0.2, 0) is 14.8 Å². The average molecular weight is 362 g/mol. The molecule has 23 heavy (non-hydrogen) atoms. The van der Waals surface area contributed by atoms with Gasteiger partial charge in [-0.1, -0.05) is 13.0 Å². The Hall–Kier alpha value is -1.15. The van der Waals surface area contributed by atoms with Crippen molar-refractivity contribution in [3.63, 3.8) is 0 Å². The molecule has 1 aromatic rings. The van der Waals surface area contributed by atoms with E-state index in [1.165, 1.54) is 6.07 Å². The van der Waals surface area contributed by atoms with E-state index in [-0.39, 0.29) is 41.2 Å². The monoisotopic (exact) mass is 361 g/mol. The number of carbonyl (C=O) groups excluding carboxylic acids is 1. The molecular weight excluding hydrogens is 338 g/mol. The van der Waals surface area contributed by atoms with Crippen molar-refractivity contribution in [2.75, 3.05) is 5.32 Å². The molecule has 4 N–H and O–H groups in total. The van der Waals surface area contributed by atoms with Gasteiger partial charge in [0.05, 0.1) is 10.8 Å². The van der Waals surface area contributed by atoms with Gasteiger partial charge >= 0.3 is 0 Å². The van der Waals surface area contributed by atoms with Gasteiger partial charge in [-0.15, -0.1) is 12.4 Å². The van der Waals surface area contributed by atoms with Crippen LogP contribution in [0, 0.1) is 12.8 Å². The highest BCUT2D eigenvalue weighted by atomic mass is 35.5. The maximum Gasteiger partial charge on any atom is 0.241 e. The number of sulfonamides is 1. The summed E-state index contributed by atoms with van der Waals surface area (Å²) in [7, 11) is -3.55. The lowest BCUT2D eigenvalue weighted by atomic mass is 10.0. The first-order chi connectivity index (χ1) is 10.2. The molecule has 2 unspecified atom stereocenters. The number of hydrogen-bond donors (Lipinski definition) is 3. The number of anilines is 1. The molecule has 1 aliphatic carbocycles. The first-order valence-electron chi connectivity index (χ1n) is 7.40. The minimum absolute atomic E-state index is 0. The second-order valence-corrected chi connectivity index (χ2v) is 7.70. The van der Waals surface area contributed by atoms with E-state index < -0.39 is 10.0 Å². The molecule has 8 heteroatoms. The van der Waals surface area contributed by atoms with Crippen LogP contribution in [0.2, 0.25) is 0 Å². The van der Waals surface area contributed by atoms with Crippen LogP contribution in [0.15, 0.2) is 23.1 Å². The minimum atomic E-state index is -3.55. The predicted molar refractivity (Wildman–Crippen MR) is 93.2 cm³/mol. The van der Waals surface area contributed by atoms with Gasteiger partial charge in [-0.25, -0.2) is 13.1 Å². The summed E-state index contributed by atoms with van der Waals surface area (Å²) in [5, 5.41) is 2.72. The van der Waals surface area contributed by atoms with E-state index in [4.69, 9.17) is 5.73 Å². The van der Waals surface area contributed by atoms with Crippen molar-refractivity contribution in [2.24, 2.45) is 11.7 Å². The van der Waals surface area contributed by atoms with Gasteiger partial charge in [0, 0.05) is 17.8 Å². The average Bonchev–Trinajstić information content (AvgIpc) is 3.22. The molecule has 1 fully saturated rings. The van der Waals surface area contributed by atoms with Gasteiger partial charge in [-0.3, -0.25) is 4.79 Å². The summed E-state index contributed by atoms with van der Waals surface area (Å²) in [6.07, 6.45) is 1.75. The van der Waals surface area contributed by atoms with Gasteiger partial charge < -0.3 is 11.1 Å². The van der Waals surface area contributed by atoms with Crippen LogP contribution in [0.1, 0.15) is 32.3 Å². The van der Waals surface area contributed by atoms with E-state index in [1.54, 1.807) is 32.9 Å². The molecule has 1 amide bonds. The van der Waals surface area contributed by atoms with Gasteiger partial charge in [0.25, 0.3) is 0 Å². The molecule has 0 radical (unpaired) electrons. The molecule has 0 heterocycles. The summed E-state index contributed by atoms with van der Waals surface area (Å²) >= 11 is 0. The third-order valence-corrected chi connectivity index (χ3v) is 5.51. The second-order valence-electron chi connectivity index (χ2n) is 6.01. The Morgan fingerprint density at radius 1 is 1.30 bits per heavy atom. The highest BCUT2D eigenvalue weighted by molar-refractivity contribution is 7.89. The van der Waals surface area contributed by atoms with E-state index in [1.807, 2.05) is 0 Å². The van der Waals surface area contributed by atoms with Crippen LogP contribution >= 0.6 is 12.4 Å². The Balaban J connectivity index is 0.00000264. The molecule has 2 rings (SSSR count). The Labute approximate surface area is 143 Å². The number of carbonyl (C=O) groups is 1. The lowest BCUT2D eigenvalue weighted by molar-refractivity contribution is -0.119. The molecule has 0 aromatic heterocycles. The number of rotatable bonds is 6. The molecule has 1 aromatic carbocycles. The van der Waals surface area contributed by atoms with Crippen LogP contribution in [0.3, 0.4) is 0 Å². The Kier molecular flexibility index (Phi) is 6.59. The van der Waals surface area contributed by atoms with Crippen LogP contribution in [0.25, 0.3) is 0 Å². The zero-order valence-corrected chi connectivity index (χ0v) is 15.1. The molecule has 6 nitrogen and oxygen atoms in total. The molecule has 1 saturated carbocycles. The van der Waals surface area contributed by atoms with Gasteiger partial charge in [-0.05, 0) is 44.4 Å². The second kappa shape index (κ2) is 7.61. The largest absolute Gasteiger partial charge is 0.327 e. The molecular formula is C15H24ClN3O3S. The fourth-order valence-corrected chi connectivity index (χ4v) is 3.52. The number of amides is 1. The van der Waals surface area contributed by atoms with Gasteiger partial charge in [-0.2, -0.15) is 0 Å². The third kappa shape index (κ3) is 5.17. The number of halogens is 1. The smallest absolute Gasteiger partial charge is 0.241 e. The molecule has 0 bridgehead atoms. The van der Waals surface area contributed by atoms with Crippen molar-refractivity contribution in [1.82, 2.24) is 4.72 Å². The van der Waals surface area contributed by atoms with Crippen LogP contribution in [-0.4, -0.2) is 26.4 Å². The Morgan fingerprint density at radius 3 is 2.43 bits per heavy atom. The molecule has 130 valence electrons. The molecule has 0 aliphatic heterocycles.